The number of hydrogen-bond donors (Lipinski definition) is 0. The lowest BCUT2D eigenvalue weighted by molar-refractivity contribution is 0.0645. The van der Waals surface area contributed by atoms with E-state index in [1.54, 1.807) is 0 Å². The number of hydrogen-bond acceptors (Lipinski definition) is 3. The molecule has 3 aromatic rings. The van der Waals surface area contributed by atoms with Gasteiger partial charge in [-0.25, -0.2) is 0 Å². The van der Waals surface area contributed by atoms with Crippen LogP contribution in [0, 0.1) is 5.92 Å². The molecule has 2 aromatic carbocycles. The fourth-order valence-electron chi connectivity index (χ4n) is 5.58. The number of nitrogens with zero attached hydrogens (tertiary/aromatic N) is 3. The Kier molecular flexibility index (Phi) is 7.19. The fourth-order valence-corrected chi connectivity index (χ4v) is 5.58. The normalized spacial score (nSPS) is 17.9. The minimum Gasteiger partial charge on any atom is -0.487 e. The zero-order valence-electron chi connectivity index (χ0n) is 20.4. The Morgan fingerprint density at radius 1 is 0.941 bits per heavy atom. The lowest BCUT2D eigenvalue weighted by Crippen LogP contribution is -2.48. The average Bonchev–Trinajstić information content (AvgIpc) is 3.27. The van der Waals surface area contributed by atoms with Crippen LogP contribution in [-0.2, 0) is 13.2 Å². The van der Waals surface area contributed by atoms with Crippen LogP contribution in [0.5, 0.6) is 5.75 Å². The van der Waals surface area contributed by atoms with E-state index in [1.807, 2.05) is 29.2 Å². The van der Waals surface area contributed by atoms with Crippen LogP contribution in [0.1, 0.15) is 54.9 Å². The molecular weight excluding hydrogens is 422 g/mol. The molecule has 2 aliphatic rings. The van der Waals surface area contributed by atoms with Crippen molar-refractivity contribution in [2.45, 2.75) is 52.2 Å². The van der Waals surface area contributed by atoms with Gasteiger partial charge in [0.05, 0.1) is 11.1 Å². The molecule has 2 heterocycles. The second-order valence-electron chi connectivity index (χ2n) is 9.85. The maximum Gasteiger partial charge on any atom is 0.256 e. The van der Waals surface area contributed by atoms with Crippen LogP contribution in [-0.4, -0.2) is 53.0 Å². The van der Waals surface area contributed by atoms with E-state index in [-0.39, 0.29) is 5.91 Å². The first-order valence-electron chi connectivity index (χ1n) is 13.0. The largest absolute Gasteiger partial charge is 0.487 e. The van der Waals surface area contributed by atoms with E-state index in [0.717, 1.165) is 67.0 Å². The number of ether oxygens (including phenoxy) is 1. The Labute approximate surface area is 203 Å². The number of carbonyl (C=O) groups is 1. The lowest BCUT2D eigenvalue weighted by atomic mass is 9.89. The fraction of sp³-hybridized carbons (Fsp3) is 0.483. The van der Waals surface area contributed by atoms with Gasteiger partial charge in [-0.2, -0.15) is 0 Å². The summed E-state index contributed by atoms with van der Waals surface area (Å²) in [5, 5.41) is 1.02. The molecule has 1 saturated carbocycles. The molecule has 0 bridgehead atoms. The number of benzene rings is 2. The van der Waals surface area contributed by atoms with Gasteiger partial charge in [0.15, 0.2) is 0 Å². The van der Waals surface area contributed by atoms with E-state index < -0.39 is 0 Å². The Bertz CT molecular complexity index is 1090. The summed E-state index contributed by atoms with van der Waals surface area (Å²) >= 11 is 0. The number of para-hydroxylation sites is 1. The van der Waals surface area contributed by atoms with Crippen molar-refractivity contribution in [2.75, 3.05) is 32.7 Å². The standard InChI is InChI=1S/C29H37N3O2/c1-2-30-16-18-31(19-17-30)29(33)26-21-32(20-23-10-5-3-6-11-23)28-25(26)14-9-15-27(28)34-22-24-12-7-4-8-13-24/h4,7-9,12-15,21,23H,2-3,5-6,10-11,16-20,22H2,1H3. The van der Waals surface area contributed by atoms with Gasteiger partial charge in [-0.05, 0) is 36.9 Å². The lowest BCUT2D eigenvalue weighted by Gasteiger charge is -2.34. The summed E-state index contributed by atoms with van der Waals surface area (Å²) in [5.41, 5.74) is 3.04. The maximum atomic E-state index is 13.7. The minimum atomic E-state index is 0.156. The van der Waals surface area contributed by atoms with E-state index in [1.165, 1.54) is 32.1 Å². The van der Waals surface area contributed by atoms with Gasteiger partial charge in [-0.3, -0.25) is 4.79 Å². The Hall–Kier alpha value is -2.79. The zero-order valence-corrected chi connectivity index (χ0v) is 20.4. The van der Waals surface area contributed by atoms with Crippen LogP contribution in [0.3, 0.4) is 0 Å². The molecule has 0 unspecified atom stereocenters. The molecular formula is C29H37N3O2. The van der Waals surface area contributed by atoms with Crippen LogP contribution in [0.2, 0.25) is 0 Å². The Balaban J connectivity index is 1.46. The van der Waals surface area contributed by atoms with Gasteiger partial charge in [-0.15, -0.1) is 0 Å². The number of piperazine rings is 1. The number of likely N-dealkylation sites (N-methyl/N-ethyl adjacent to an activating group) is 1. The smallest absolute Gasteiger partial charge is 0.256 e. The number of amides is 1. The quantitative estimate of drug-likeness (QED) is 0.463. The maximum absolute atomic E-state index is 13.7. The highest BCUT2D eigenvalue weighted by Gasteiger charge is 2.26. The van der Waals surface area contributed by atoms with Crippen LogP contribution in [0.4, 0.5) is 0 Å². The third-order valence-electron chi connectivity index (χ3n) is 7.62. The minimum absolute atomic E-state index is 0.156. The first kappa shape index (κ1) is 23.0. The summed E-state index contributed by atoms with van der Waals surface area (Å²) in [4.78, 5) is 18.1. The molecule has 1 aliphatic heterocycles. The van der Waals surface area contributed by atoms with Crippen molar-refractivity contribution in [3.8, 4) is 5.75 Å². The van der Waals surface area contributed by atoms with Gasteiger partial charge in [0.2, 0.25) is 0 Å². The van der Waals surface area contributed by atoms with Gasteiger partial charge in [0, 0.05) is 44.3 Å². The van der Waals surface area contributed by atoms with Crippen molar-refractivity contribution >= 4 is 16.8 Å². The summed E-state index contributed by atoms with van der Waals surface area (Å²) in [7, 11) is 0. The third kappa shape index (κ3) is 5.00. The highest BCUT2D eigenvalue weighted by molar-refractivity contribution is 6.08. The molecule has 0 radical (unpaired) electrons. The van der Waals surface area contributed by atoms with E-state index >= 15 is 0 Å². The molecule has 2 fully saturated rings. The highest BCUT2D eigenvalue weighted by Crippen LogP contribution is 2.34. The molecule has 1 amide bonds. The van der Waals surface area contributed by atoms with E-state index in [0.29, 0.717) is 12.5 Å². The first-order chi connectivity index (χ1) is 16.7. The van der Waals surface area contributed by atoms with Gasteiger partial charge < -0.3 is 19.1 Å². The Morgan fingerprint density at radius 3 is 2.44 bits per heavy atom. The summed E-state index contributed by atoms with van der Waals surface area (Å²) in [6.45, 7) is 8.22. The highest BCUT2D eigenvalue weighted by atomic mass is 16.5. The average molecular weight is 460 g/mol. The summed E-state index contributed by atoms with van der Waals surface area (Å²) in [5.74, 6) is 1.69. The van der Waals surface area contributed by atoms with Gasteiger partial charge in [0.1, 0.15) is 12.4 Å². The number of aromatic nitrogens is 1. The van der Waals surface area contributed by atoms with E-state index in [9.17, 15) is 4.79 Å². The topological polar surface area (TPSA) is 37.7 Å². The molecule has 34 heavy (non-hydrogen) atoms. The molecule has 1 aliphatic carbocycles. The van der Waals surface area contributed by atoms with Crippen molar-refractivity contribution in [3.63, 3.8) is 0 Å². The number of fused-ring (bicyclic) bond motifs is 1. The van der Waals surface area contributed by atoms with Crippen LogP contribution < -0.4 is 4.74 Å². The monoisotopic (exact) mass is 459 g/mol. The van der Waals surface area contributed by atoms with Crippen molar-refractivity contribution in [1.82, 2.24) is 14.4 Å². The van der Waals surface area contributed by atoms with Crippen molar-refractivity contribution in [1.29, 1.82) is 0 Å². The van der Waals surface area contributed by atoms with Crippen molar-refractivity contribution in [2.24, 2.45) is 5.92 Å². The Morgan fingerprint density at radius 2 is 1.71 bits per heavy atom. The second-order valence-corrected chi connectivity index (χ2v) is 9.85. The molecule has 0 N–H and O–H groups in total. The zero-order chi connectivity index (χ0) is 23.3. The molecule has 0 spiro atoms. The summed E-state index contributed by atoms with van der Waals surface area (Å²) in [6.07, 6.45) is 8.64. The number of rotatable bonds is 7. The number of carbonyl (C=O) groups excluding carboxylic acids is 1. The van der Waals surface area contributed by atoms with Crippen molar-refractivity contribution < 1.29 is 9.53 Å². The van der Waals surface area contributed by atoms with E-state index in [2.05, 4.69) is 46.9 Å². The molecule has 0 atom stereocenters. The molecule has 1 aromatic heterocycles. The van der Waals surface area contributed by atoms with Crippen LogP contribution >= 0.6 is 0 Å². The third-order valence-corrected chi connectivity index (χ3v) is 7.62. The van der Waals surface area contributed by atoms with Crippen molar-refractivity contribution in [3.05, 3.63) is 65.9 Å². The molecule has 5 rings (SSSR count). The van der Waals surface area contributed by atoms with Gasteiger partial charge >= 0.3 is 0 Å². The van der Waals surface area contributed by atoms with E-state index in [4.69, 9.17) is 4.74 Å². The summed E-state index contributed by atoms with van der Waals surface area (Å²) < 4.78 is 8.67. The summed E-state index contributed by atoms with van der Waals surface area (Å²) in [6, 6.07) is 16.5. The SMILES string of the molecule is CCN1CCN(C(=O)c2cn(CC3CCCCC3)c3c(OCc4ccccc4)cccc23)CC1. The van der Waals surface area contributed by atoms with Gasteiger partial charge in [-0.1, -0.05) is 68.7 Å². The molecule has 5 heteroatoms. The van der Waals surface area contributed by atoms with Gasteiger partial charge in [0.25, 0.3) is 5.91 Å². The first-order valence-corrected chi connectivity index (χ1v) is 13.0. The van der Waals surface area contributed by atoms with Crippen LogP contribution in [0.15, 0.2) is 54.7 Å². The van der Waals surface area contributed by atoms with Crippen LogP contribution in [0.25, 0.3) is 10.9 Å². The molecule has 1 saturated heterocycles. The predicted octanol–water partition coefficient (Wildman–Crippen LogP) is 5.58. The molecule has 180 valence electrons. The second kappa shape index (κ2) is 10.6. The predicted molar refractivity (Wildman–Crippen MR) is 137 cm³/mol. The molecule has 5 nitrogen and oxygen atoms in total.